The number of primary amides is 1. The fourth-order valence-corrected chi connectivity index (χ4v) is 4.28. The minimum Gasteiger partial charge on any atom is -0.379 e. The summed E-state index contributed by atoms with van der Waals surface area (Å²) < 4.78 is 15.8. The molecule has 2 atom stereocenters. The number of nitrogens with one attached hydrogen (secondary N) is 1. The summed E-state index contributed by atoms with van der Waals surface area (Å²) in [5.74, 6) is -0.815. The van der Waals surface area contributed by atoms with Gasteiger partial charge < -0.3 is 16.8 Å². The molecule has 3 aromatic rings. The van der Waals surface area contributed by atoms with Crippen LogP contribution in [0.1, 0.15) is 49.5 Å². The maximum absolute atomic E-state index is 14.1. The zero-order valence-electron chi connectivity index (χ0n) is 17.8. The smallest absolute Gasteiger partial charge is 0.252 e. The van der Waals surface area contributed by atoms with E-state index in [4.69, 9.17) is 11.5 Å². The molecule has 30 heavy (non-hydrogen) atoms. The number of rotatable bonds is 4. The number of hydrogen-bond acceptors (Lipinski definition) is 4. The first-order valence-electron chi connectivity index (χ1n) is 10.1. The first kappa shape index (κ1) is 20.3. The van der Waals surface area contributed by atoms with Gasteiger partial charge >= 0.3 is 0 Å². The van der Waals surface area contributed by atoms with Crippen LogP contribution in [-0.4, -0.2) is 27.1 Å². The number of amides is 1. The van der Waals surface area contributed by atoms with Gasteiger partial charge in [0.25, 0.3) is 5.91 Å². The molecular weight excluding hydrogens is 381 g/mol. The highest BCUT2D eigenvalue weighted by molar-refractivity contribution is 6.02. The van der Waals surface area contributed by atoms with Gasteiger partial charge in [0.1, 0.15) is 5.82 Å². The third-order valence-electron chi connectivity index (χ3n) is 7.02. The molecule has 2 aromatic heterocycles. The number of carbonyl (C=O) groups excluding carboxylic acids is 1. The van der Waals surface area contributed by atoms with Gasteiger partial charge in [-0.2, -0.15) is 5.10 Å². The van der Waals surface area contributed by atoms with E-state index in [0.29, 0.717) is 22.3 Å². The predicted octanol–water partition coefficient (Wildman–Crippen LogP) is 3.87. The highest BCUT2D eigenvalue weighted by atomic mass is 19.1. The normalized spacial score (nSPS) is 23.1. The van der Waals surface area contributed by atoms with Crippen LogP contribution >= 0.6 is 0 Å². The van der Waals surface area contributed by atoms with Crippen LogP contribution in [0.25, 0.3) is 16.6 Å². The van der Waals surface area contributed by atoms with E-state index in [0.717, 1.165) is 24.0 Å². The standard InChI is InChI=1S/C23H28FN5O/c1-13-5-6-14(9-17(13)24)15-10-18-20(16(21(25)30)11-27-29(18)12-15)28-19-7-8-23(4,26)22(19,2)3/h5-6,9-12,19,28H,7-8,26H2,1-4H3,(H2,25,30)/t19-,23+/m1/s1. The molecule has 1 aromatic carbocycles. The molecule has 1 amide bonds. The van der Waals surface area contributed by atoms with E-state index < -0.39 is 5.91 Å². The van der Waals surface area contributed by atoms with E-state index in [1.165, 1.54) is 12.3 Å². The van der Waals surface area contributed by atoms with Gasteiger partial charge in [-0.25, -0.2) is 8.91 Å². The third-order valence-corrected chi connectivity index (χ3v) is 7.02. The van der Waals surface area contributed by atoms with Gasteiger partial charge in [-0.15, -0.1) is 0 Å². The van der Waals surface area contributed by atoms with Gasteiger partial charge in [-0.3, -0.25) is 4.79 Å². The summed E-state index contributed by atoms with van der Waals surface area (Å²) in [6.07, 6.45) is 5.05. The minimum absolute atomic E-state index is 0.0620. The van der Waals surface area contributed by atoms with E-state index in [1.807, 2.05) is 18.3 Å². The molecule has 0 radical (unpaired) electrons. The molecule has 1 fully saturated rings. The van der Waals surface area contributed by atoms with E-state index >= 15 is 0 Å². The minimum atomic E-state index is -0.553. The maximum Gasteiger partial charge on any atom is 0.252 e. The summed E-state index contributed by atoms with van der Waals surface area (Å²) in [5.41, 5.74) is 15.5. The molecule has 0 saturated heterocycles. The molecule has 0 unspecified atom stereocenters. The number of halogens is 1. The number of aryl methyl sites for hydroxylation is 1. The zero-order valence-corrected chi connectivity index (χ0v) is 17.8. The van der Waals surface area contributed by atoms with Crippen molar-refractivity contribution in [2.24, 2.45) is 16.9 Å². The molecule has 1 saturated carbocycles. The Morgan fingerprint density at radius 3 is 2.60 bits per heavy atom. The lowest BCUT2D eigenvalue weighted by Gasteiger charge is -2.39. The van der Waals surface area contributed by atoms with Crippen LogP contribution in [0.2, 0.25) is 0 Å². The van der Waals surface area contributed by atoms with Crippen molar-refractivity contribution in [3.63, 3.8) is 0 Å². The molecule has 1 aliphatic rings. The number of benzene rings is 1. The first-order valence-corrected chi connectivity index (χ1v) is 10.1. The molecule has 0 bridgehead atoms. The fourth-order valence-electron chi connectivity index (χ4n) is 4.28. The molecule has 2 heterocycles. The van der Waals surface area contributed by atoms with E-state index in [-0.39, 0.29) is 22.8 Å². The van der Waals surface area contributed by atoms with Gasteiger partial charge in [0.2, 0.25) is 0 Å². The van der Waals surface area contributed by atoms with E-state index in [1.54, 1.807) is 17.5 Å². The van der Waals surface area contributed by atoms with Crippen molar-refractivity contribution >= 4 is 17.1 Å². The Hall–Kier alpha value is -2.93. The molecule has 1 aliphatic carbocycles. The number of nitrogens with two attached hydrogens (primary N) is 2. The number of anilines is 1. The molecule has 5 N–H and O–H groups in total. The van der Waals surface area contributed by atoms with Crippen LogP contribution < -0.4 is 16.8 Å². The average molecular weight is 410 g/mol. The monoisotopic (exact) mass is 409 g/mol. The third kappa shape index (κ3) is 3.13. The van der Waals surface area contributed by atoms with Crippen LogP contribution in [-0.2, 0) is 0 Å². The second-order valence-electron chi connectivity index (χ2n) is 9.19. The summed E-state index contributed by atoms with van der Waals surface area (Å²) in [6, 6.07) is 7.08. The Bertz CT molecular complexity index is 1150. The Kier molecular flexibility index (Phi) is 4.62. The number of nitrogens with zero attached hydrogens (tertiary/aromatic N) is 2. The number of fused-ring (bicyclic) bond motifs is 1. The second kappa shape index (κ2) is 6.80. The summed E-state index contributed by atoms with van der Waals surface area (Å²) in [6.45, 7) is 8.07. The number of carbonyl (C=O) groups is 1. The SMILES string of the molecule is Cc1ccc(-c2cc3c(N[C@@H]4CC[C@](C)(N)C4(C)C)c(C(N)=O)cnn3c2)cc1F. The van der Waals surface area contributed by atoms with Crippen molar-refractivity contribution in [3.8, 4) is 11.1 Å². The zero-order chi connectivity index (χ0) is 21.8. The summed E-state index contributed by atoms with van der Waals surface area (Å²) >= 11 is 0. The van der Waals surface area contributed by atoms with Crippen molar-refractivity contribution in [2.45, 2.75) is 52.1 Å². The van der Waals surface area contributed by atoms with Gasteiger partial charge in [0.05, 0.1) is 23.0 Å². The largest absolute Gasteiger partial charge is 0.379 e. The van der Waals surface area contributed by atoms with Gasteiger partial charge in [0, 0.05) is 28.8 Å². The lowest BCUT2D eigenvalue weighted by atomic mass is 9.75. The molecular formula is C23H28FN5O. The van der Waals surface area contributed by atoms with Crippen molar-refractivity contribution in [3.05, 3.63) is 53.6 Å². The summed E-state index contributed by atoms with van der Waals surface area (Å²) in [4.78, 5) is 12.1. The molecule has 0 aliphatic heterocycles. The molecule has 4 rings (SSSR count). The van der Waals surface area contributed by atoms with Crippen LogP contribution in [0.3, 0.4) is 0 Å². The van der Waals surface area contributed by atoms with Crippen molar-refractivity contribution in [1.82, 2.24) is 9.61 Å². The van der Waals surface area contributed by atoms with Crippen molar-refractivity contribution in [1.29, 1.82) is 0 Å². The first-order chi connectivity index (χ1) is 14.0. The van der Waals surface area contributed by atoms with Gasteiger partial charge in [-0.1, -0.05) is 26.0 Å². The quantitative estimate of drug-likeness (QED) is 0.609. The number of hydrogen-bond donors (Lipinski definition) is 3. The molecule has 7 heteroatoms. The topological polar surface area (TPSA) is 98.4 Å². The predicted molar refractivity (Wildman–Crippen MR) is 117 cm³/mol. The Morgan fingerprint density at radius 1 is 1.27 bits per heavy atom. The van der Waals surface area contributed by atoms with Crippen molar-refractivity contribution < 1.29 is 9.18 Å². The van der Waals surface area contributed by atoms with Crippen molar-refractivity contribution in [2.75, 3.05) is 5.32 Å². The van der Waals surface area contributed by atoms with Gasteiger partial charge in [-0.05, 0) is 49.9 Å². The Labute approximate surface area is 175 Å². The molecule has 0 spiro atoms. The molecule has 6 nitrogen and oxygen atoms in total. The van der Waals surface area contributed by atoms with E-state index in [9.17, 15) is 9.18 Å². The van der Waals surface area contributed by atoms with Crippen LogP contribution in [0, 0.1) is 18.2 Å². The van der Waals surface area contributed by atoms with Crippen LogP contribution in [0.15, 0.2) is 36.7 Å². The van der Waals surface area contributed by atoms with E-state index in [2.05, 4.69) is 31.2 Å². The lowest BCUT2D eigenvalue weighted by Crippen LogP contribution is -2.51. The lowest BCUT2D eigenvalue weighted by molar-refractivity contribution is 0.100. The van der Waals surface area contributed by atoms with Crippen LogP contribution in [0.5, 0.6) is 0 Å². The fraction of sp³-hybridized carbons (Fsp3) is 0.391. The highest BCUT2D eigenvalue weighted by Crippen LogP contribution is 2.46. The molecule has 158 valence electrons. The average Bonchev–Trinajstić information content (AvgIpc) is 3.18. The van der Waals surface area contributed by atoms with Gasteiger partial charge in [0.15, 0.2) is 0 Å². The van der Waals surface area contributed by atoms with Crippen LogP contribution in [0.4, 0.5) is 10.1 Å². The Morgan fingerprint density at radius 2 is 2.00 bits per heavy atom. The summed E-state index contributed by atoms with van der Waals surface area (Å²) in [7, 11) is 0. The second-order valence-corrected chi connectivity index (χ2v) is 9.19. The maximum atomic E-state index is 14.1. The highest BCUT2D eigenvalue weighted by Gasteiger charge is 2.49. The Balaban J connectivity index is 1.83. The number of aromatic nitrogens is 2. The summed E-state index contributed by atoms with van der Waals surface area (Å²) in [5, 5.41) is 7.90.